The maximum absolute atomic E-state index is 9.29. The van der Waals surface area contributed by atoms with Crippen molar-refractivity contribution in [2.45, 2.75) is 0 Å². The molecule has 0 unspecified atom stereocenters. The summed E-state index contributed by atoms with van der Waals surface area (Å²) in [5, 5.41) is 8.04. The summed E-state index contributed by atoms with van der Waals surface area (Å²) in [7, 11) is 0. The second-order valence-corrected chi connectivity index (χ2v) is 12.1. The Labute approximate surface area is 297 Å². The SMILES string of the molecule is [2H]c1c([2H])c([2H])c(-c2c([2H])c([2H])c(-c3ccccc3-c3c4ccccc4c(-c4ccc5oc6c7ccccc7ccc6c5c4)c4ccccc34)c([2H])c2[2H])c([2H])c1[2H]. The van der Waals surface area contributed by atoms with Crippen LogP contribution in [0.5, 0.6) is 0 Å². The normalized spacial score (nSPS) is 14.2. The molecule has 0 saturated heterocycles. The molecule has 1 nitrogen and oxygen atoms in total. The lowest BCUT2D eigenvalue weighted by Gasteiger charge is -2.20. The van der Waals surface area contributed by atoms with Gasteiger partial charge in [0, 0.05) is 16.2 Å². The van der Waals surface area contributed by atoms with Crippen LogP contribution in [-0.4, -0.2) is 0 Å². The van der Waals surface area contributed by atoms with Gasteiger partial charge in [-0.1, -0.05) is 164 Å². The molecule has 228 valence electrons. The predicted octanol–water partition coefficient (Wildman–Crippen LogP) is 13.7. The minimum absolute atomic E-state index is 0.0452. The summed E-state index contributed by atoms with van der Waals surface area (Å²) >= 11 is 0. The summed E-state index contributed by atoms with van der Waals surface area (Å²) in [6, 6.07) is 37.7. The molecular weight excluding hydrogens is 593 g/mol. The highest BCUT2D eigenvalue weighted by atomic mass is 16.3. The molecule has 0 atom stereocenters. The van der Waals surface area contributed by atoms with Crippen LogP contribution in [0.25, 0.3) is 98.8 Å². The minimum Gasteiger partial charge on any atom is -0.455 e. The fraction of sp³-hybridized carbons (Fsp3) is 0. The molecule has 0 aliphatic carbocycles. The van der Waals surface area contributed by atoms with Crippen molar-refractivity contribution in [3.05, 3.63) is 182 Å². The molecular formula is C48H30O. The third-order valence-electron chi connectivity index (χ3n) is 9.42. The Balaban J connectivity index is 1.22. The van der Waals surface area contributed by atoms with E-state index in [0.29, 0.717) is 11.1 Å². The van der Waals surface area contributed by atoms with Gasteiger partial charge >= 0.3 is 0 Å². The van der Waals surface area contributed by atoms with Crippen molar-refractivity contribution in [1.29, 1.82) is 0 Å². The smallest absolute Gasteiger partial charge is 0.143 e. The van der Waals surface area contributed by atoms with E-state index < -0.39 is 42.3 Å². The van der Waals surface area contributed by atoms with Gasteiger partial charge in [-0.25, -0.2) is 0 Å². The predicted molar refractivity (Wildman–Crippen MR) is 208 cm³/mol. The average Bonchev–Trinajstić information content (AvgIpc) is 3.63. The summed E-state index contributed by atoms with van der Waals surface area (Å²) in [4.78, 5) is 0. The first-order valence-electron chi connectivity index (χ1n) is 20.6. The van der Waals surface area contributed by atoms with Gasteiger partial charge in [-0.05, 0) is 89.6 Å². The summed E-state index contributed by atoms with van der Waals surface area (Å²) in [5.41, 5.74) is 5.05. The van der Waals surface area contributed by atoms with Crippen LogP contribution in [0.4, 0.5) is 0 Å². The van der Waals surface area contributed by atoms with E-state index >= 15 is 0 Å². The first-order valence-corrected chi connectivity index (χ1v) is 16.1. The lowest BCUT2D eigenvalue weighted by Crippen LogP contribution is -1.92. The van der Waals surface area contributed by atoms with Crippen LogP contribution in [0.1, 0.15) is 12.3 Å². The number of hydrogen-bond acceptors (Lipinski definition) is 1. The fourth-order valence-electron chi connectivity index (χ4n) is 7.26. The average molecular weight is 632 g/mol. The molecule has 10 aromatic rings. The van der Waals surface area contributed by atoms with Gasteiger partial charge in [-0.2, -0.15) is 0 Å². The van der Waals surface area contributed by atoms with Gasteiger partial charge in [-0.15, -0.1) is 0 Å². The molecule has 0 bridgehead atoms. The summed E-state index contributed by atoms with van der Waals surface area (Å²) in [6.07, 6.45) is 0. The van der Waals surface area contributed by atoms with Gasteiger partial charge in [0.25, 0.3) is 0 Å². The Morgan fingerprint density at radius 2 is 0.939 bits per heavy atom. The number of hydrogen-bond donors (Lipinski definition) is 0. The fourth-order valence-corrected chi connectivity index (χ4v) is 7.26. The Hall–Kier alpha value is -6.44. The van der Waals surface area contributed by atoms with Crippen LogP contribution in [-0.2, 0) is 0 Å². The number of fused-ring (bicyclic) bond motifs is 7. The lowest BCUT2D eigenvalue weighted by atomic mass is 9.83. The van der Waals surface area contributed by atoms with Gasteiger partial charge < -0.3 is 4.42 Å². The van der Waals surface area contributed by atoms with Crippen LogP contribution in [0, 0.1) is 0 Å². The first kappa shape index (κ1) is 20.0. The Bertz CT molecular complexity index is 3290. The van der Waals surface area contributed by atoms with Gasteiger partial charge in [0.15, 0.2) is 0 Å². The van der Waals surface area contributed by atoms with E-state index in [0.717, 1.165) is 70.9 Å². The van der Waals surface area contributed by atoms with Crippen LogP contribution in [0.2, 0.25) is 0 Å². The summed E-state index contributed by atoms with van der Waals surface area (Å²) < 4.78 is 84.7. The van der Waals surface area contributed by atoms with E-state index in [4.69, 9.17) is 14.0 Å². The first-order chi connectivity index (χ1) is 28.1. The molecule has 1 heterocycles. The second-order valence-electron chi connectivity index (χ2n) is 12.1. The van der Waals surface area contributed by atoms with E-state index in [1.165, 1.54) is 0 Å². The van der Waals surface area contributed by atoms with E-state index in [2.05, 4.69) is 60.7 Å². The van der Waals surface area contributed by atoms with E-state index in [1.54, 1.807) is 12.1 Å². The number of rotatable bonds is 4. The van der Waals surface area contributed by atoms with Crippen molar-refractivity contribution in [3.8, 4) is 44.5 Å². The molecule has 0 aliphatic rings. The Morgan fingerprint density at radius 1 is 0.367 bits per heavy atom. The molecule has 1 heteroatoms. The summed E-state index contributed by atoms with van der Waals surface area (Å²) in [6.45, 7) is 0. The van der Waals surface area contributed by atoms with Crippen molar-refractivity contribution in [1.82, 2.24) is 0 Å². The zero-order valence-corrected chi connectivity index (χ0v) is 26.0. The zero-order valence-electron chi connectivity index (χ0n) is 35.0. The lowest BCUT2D eigenvalue weighted by molar-refractivity contribution is 0.672. The van der Waals surface area contributed by atoms with Gasteiger partial charge in [0.2, 0.25) is 0 Å². The van der Waals surface area contributed by atoms with Crippen molar-refractivity contribution in [2.24, 2.45) is 0 Å². The topological polar surface area (TPSA) is 13.1 Å². The van der Waals surface area contributed by atoms with Gasteiger partial charge in [0.05, 0.1) is 12.3 Å². The molecule has 9 aromatic carbocycles. The quantitative estimate of drug-likeness (QED) is 0.176. The third kappa shape index (κ3) is 4.40. The van der Waals surface area contributed by atoms with Crippen molar-refractivity contribution >= 4 is 54.3 Å². The van der Waals surface area contributed by atoms with E-state index in [-0.39, 0.29) is 28.8 Å². The molecule has 0 N–H and O–H groups in total. The monoisotopic (exact) mass is 631 g/mol. The molecule has 0 amide bonds. The van der Waals surface area contributed by atoms with Gasteiger partial charge in [0.1, 0.15) is 11.2 Å². The van der Waals surface area contributed by atoms with Crippen molar-refractivity contribution in [2.75, 3.05) is 0 Å². The van der Waals surface area contributed by atoms with Gasteiger partial charge in [-0.3, -0.25) is 0 Å². The van der Waals surface area contributed by atoms with E-state index in [1.807, 2.05) is 54.6 Å². The highest BCUT2D eigenvalue weighted by Gasteiger charge is 2.20. The van der Waals surface area contributed by atoms with Crippen LogP contribution < -0.4 is 0 Å². The van der Waals surface area contributed by atoms with Crippen LogP contribution >= 0.6 is 0 Å². The molecule has 0 saturated carbocycles. The van der Waals surface area contributed by atoms with Crippen molar-refractivity contribution in [3.63, 3.8) is 0 Å². The number of furan rings is 1. The largest absolute Gasteiger partial charge is 0.455 e. The maximum atomic E-state index is 9.29. The molecule has 1 aromatic heterocycles. The number of benzene rings is 9. The van der Waals surface area contributed by atoms with Crippen molar-refractivity contribution < 1.29 is 16.8 Å². The maximum Gasteiger partial charge on any atom is 0.143 e. The molecule has 0 aliphatic heterocycles. The standard InChI is InChI=1S/C48H30O/c1-2-12-31(13-3-1)32-22-24-34(25-23-32)36-15-6-7-17-38(36)47-41-20-10-8-18-39(41)46(40-19-9-11-21-42(40)47)35-27-29-45-44(30-35)43-28-26-33-14-4-5-16-37(33)48(43)49-45/h1-30H/i1D,2D,3D,12D,13D,22D,23D,24D,25D. The van der Waals surface area contributed by atoms with Crippen LogP contribution in [0.3, 0.4) is 0 Å². The highest BCUT2D eigenvalue weighted by Crippen LogP contribution is 2.47. The molecule has 10 rings (SSSR count). The highest BCUT2D eigenvalue weighted by molar-refractivity contribution is 6.23. The minimum atomic E-state index is -0.615. The van der Waals surface area contributed by atoms with E-state index in [9.17, 15) is 2.74 Å². The molecule has 49 heavy (non-hydrogen) atoms. The second kappa shape index (κ2) is 11.1. The van der Waals surface area contributed by atoms with Crippen LogP contribution in [0.15, 0.2) is 186 Å². The molecule has 0 radical (unpaired) electrons. The third-order valence-corrected chi connectivity index (χ3v) is 9.42. The summed E-state index contributed by atoms with van der Waals surface area (Å²) in [5.74, 6) is 0. The Kier molecular flexibility index (Phi) is 4.53. The molecule has 0 spiro atoms. The molecule has 0 fully saturated rings. The Morgan fingerprint density at radius 3 is 1.65 bits per heavy atom. The zero-order chi connectivity index (χ0) is 40.1.